The van der Waals surface area contributed by atoms with E-state index in [2.05, 4.69) is 5.32 Å². The molecule has 4 heteroatoms. The van der Waals surface area contributed by atoms with E-state index in [1.807, 2.05) is 43.3 Å². The van der Waals surface area contributed by atoms with Crippen LogP contribution in [0.25, 0.3) is 0 Å². The van der Waals surface area contributed by atoms with E-state index in [-0.39, 0.29) is 11.9 Å². The average molecular weight is 283 g/mol. The van der Waals surface area contributed by atoms with Gasteiger partial charge in [-0.15, -0.1) is 0 Å². The molecule has 0 aliphatic carbocycles. The Balaban J connectivity index is 1.73. The van der Waals surface area contributed by atoms with Gasteiger partial charge in [0.25, 0.3) is 5.91 Å². The predicted octanol–water partition coefficient (Wildman–Crippen LogP) is 2.95. The fraction of sp³-hybridized carbons (Fsp3) is 0.235. The van der Waals surface area contributed by atoms with Crippen LogP contribution in [0.15, 0.2) is 48.5 Å². The summed E-state index contributed by atoms with van der Waals surface area (Å²) in [6, 6.07) is 14.8. The van der Waals surface area contributed by atoms with Crippen molar-refractivity contribution in [2.24, 2.45) is 0 Å². The van der Waals surface area contributed by atoms with E-state index in [1.165, 1.54) is 0 Å². The summed E-state index contributed by atoms with van der Waals surface area (Å²) in [5, 5.41) is 2.98. The third kappa shape index (κ3) is 2.99. The van der Waals surface area contributed by atoms with E-state index in [9.17, 15) is 4.79 Å². The van der Waals surface area contributed by atoms with Crippen LogP contribution in [0.5, 0.6) is 11.5 Å². The molecule has 108 valence electrons. The first-order valence-corrected chi connectivity index (χ1v) is 6.99. The summed E-state index contributed by atoms with van der Waals surface area (Å²) < 4.78 is 11.1. The lowest BCUT2D eigenvalue weighted by Gasteiger charge is -2.21. The van der Waals surface area contributed by atoms with Crippen LogP contribution in [-0.4, -0.2) is 19.1 Å². The minimum atomic E-state index is -0.103. The zero-order valence-corrected chi connectivity index (χ0v) is 11.8. The lowest BCUT2D eigenvalue weighted by Crippen LogP contribution is -2.26. The van der Waals surface area contributed by atoms with E-state index in [0.717, 1.165) is 17.1 Å². The van der Waals surface area contributed by atoms with Crippen molar-refractivity contribution >= 4 is 5.91 Å². The average Bonchev–Trinajstić information content (AvgIpc) is 2.55. The molecule has 1 amide bonds. The molecular weight excluding hydrogens is 266 g/mol. The monoisotopic (exact) mass is 283 g/mol. The maximum Gasteiger partial charge on any atom is 0.251 e. The molecule has 2 aromatic rings. The highest BCUT2D eigenvalue weighted by atomic mass is 16.6. The van der Waals surface area contributed by atoms with Crippen LogP contribution < -0.4 is 14.8 Å². The van der Waals surface area contributed by atoms with Crippen molar-refractivity contribution in [1.29, 1.82) is 0 Å². The highest BCUT2D eigenvalue weighted by molar-refractivity contribution is 5.94. The van der Waals surface area contributed by atoms with Crippen LogP contribution in [0.1, 0.15) is 28.9 Å². The minimum absolute atomic E-state index is 0.0852. The largest absolute Gasteiger partial charge is 0.486 e. The summed E-state index contributed by atoms with van der Waals surface area (Å²) in [6.45, 7) is 3.08. The Kier molecular flexibility index (Phi) is 3.77. The number of carbonyl (C=O) groups is 1. The first-order chi connectivity index (χ1) is 10.2. The molecule has 0 aromatic heterocycles. The molecule has 0 saturated carbocycles. The fourth-order valence-electron chi connectivity index (χ4n) is 2.28. The van der Waals surface area contributed by atoms with Crippen molar-refractivity contribution in [3.8, 4) is 11.5 Å². The van der Waals surface area contributed by atoms with Gasteiger partial charge in [0, 0.05) is 5.56 Å². The highest BCUT2D eigenvalue weighted by Crippen LogP contribution is 2.32. The normalized spacial score (nSPS) is 14.3. The van der Waals surface area contributed by atoms with Gasteiger partial charge in [-0.3, -0.25) is 4.79 Å². The second-order valence-electron chi connectivity index (χ2n) is 4.96. The number of nitrogens with one attached hydrogen (secondary N) is 1. The first-order valence-electron chi connectivity index (χ1n) is 6.99. The van der Waals surface area contributed by atoms with E-state index in [4.69, 9.17) is 9.47 Å². The summed E-state index contributed by atoms with van der Waals surface area (Å²) in [5.74, 6) is 1.41. The standard InChI is InChI=1S/C17H17NO3/c1-12(18-17(19)13-5-3-2-4-6-13)14-7-8-15-16(11-14)21-10-9-20-15/h2-8,11-12H,9-10H2,1H3,(H,18,19). The third-order valence-corrected chi connectivity index (χ3v) is 3.45. The van der Waals surface area contributed by atoms with Gasteiger partial charge in [0.05, 0.1) is 6.04 Å². The van der Waals surface area contributed by atoms with Crippen molar-refractivity contribution in [3.05, 3.63) is 59.7 Å². The Morgan fingerprint density at radius 3 is 2.52 bits per heavy atom. The molecule has 1 atom stereocenters. The quantitative estimate of drug-likeness (QED) is 0.942. The maximum atomic E-state index is 12.2. The lowest BCUT2D eigenvalue weighted by molar-refractivity contribution is 0.0939. The molecular formula is C17H17NO3. The Labute approximate surface area is 123 Å². The molecule has 1 heterocycles. The number of fused-ring (bicyclic) bond motifs is 1. The third-order valence-electron chi connectivity index (χ3n) is 3.45. The predicted molar refractivity (Wildman–Crippen MR) is 79.8 cm³/mol. The smallest absolute Gasteiger partial charge is 0.251 e. The molecule has 4 nitrogen and oxygen atoms in total. The fourth-order valence-corrected chi connectivity index (χ4v) is 2.28. The molecule has 1 aliphatic rings. The number of carbonyl (C=O) groups excluding carboxylic acids is 1. The van der Waals surface area contributed by atoms with Gasteiger partial charge in [0.15, 0.2) is 11.5 Å². The van der Waals surface area contributed by atoms with Crippen molar-refractivity contribution in [2.75, 3.05) is 13.2 Å². The Morgan fingerprint density at radius 2 is 1.76 bits per heavy atom. The number of amides is 1. The van der Waals surface area contributed by atoms with E-state index >= 15 is 0 Å². The summed E-state index contributed by atoms with van der Waals surface area (Å²) in [4.78, 5) is 12.2. The number of hydrogen-bond donors (Lipinski definition) is 1. The Hall–Kier alpha value is -2.49. The van der Waals surface area contributed by atoms with Crippen LogP contribution in [-0.2, 0) is 0 Å². The molecule has 1 aliphatic heterocycles. The number of rotatable bonds is 3. The summed E-state index contributed by atoms with van der Waals surface area (Å²) in [6.07, 6.45) is 0. The van der Waals surface area contributed by atoms with Gasteiger partial charge >= 0.3 is 0 Å². The van der Waals surface area contributed by atoms with Crippen LogP contribution in [0.4, 0.5) is 0 Å². The topological polar surface area (TPSA) is 47.6 Å². The molecule has 21 heavy (non-hydrogen) atoms. The lowest BCUT2D eigenvalue weighted by atomic mass is 10.1. The molecule has 0 saturated heterocycles. The van der Waals surface area contributed by atoms with Gasteiger partial charge in [0.2, 0.25) is 0 Å². The maximum absolute atomic E-state index is 12.2. The second kappa shape index (κ2) is 5.87. The first kappa shape index (κ1) is 13.5. The van der Waals surface area contributed by atoms with Crippen LogP contribution in [0, 0.1) is 0 Å². The van der Waals surface area contributed by atoms with Crippen molar-refractivity contribution in [1.82, 2.24) is 5.32 Å². The SMILES string of the molecule is CC(NC(=O)c1ccccc1)c1ccc2c(c1)OCCO2. The van der Waals surface area contributed by atoms with Crippen LogP contribution >= 0.6 is 0 Å². The zero-order valence-electron chi connectivity index (χ0n) is 11.8. The molecule has 3 rings (SSSR count). The summed E-state index contributed by atoms with van der Waals surface area (Å²) in [5.41, 5.74) is 1.64. The number of hydrogen-bond acceptors (Lipinski definition) is 3. The second-order valence-corrected chi connectivity index (χ2v) is 4.96. The van der Waals surface area contributed by atoms with Gasteiger partial charge < -0.3 is 14.8 Å². The summed E-state index contributed by atoms with van der Waals surface area (Å²) >= 11 is 0. The molecule has 2 aromatic carbocycles. The van der Waals surface area contributed by atoms with E-state index < -0.39 is 0 Å². The Bertz CT molecular complexity index is 640. The van der Waals surface area contributed by atoms with Gasteiger partial charge in [-0.25, -0.2) is 0 Å². The van der Waals surface area contributed by atoms with Crippen molar-refractivity contribution in [3.63, 3.8) is 0 Å². The zero-order chi connectivity index (χ0) is 14.7. The number of benzene rings is 2. The van der Waals surface area contributed by atoms with Gasteiger partial charge in [-0.05, 0) is 36.8 Å². The molecule has 1 N–H and O–H groups in total. The van der Waals surface area contributed by atoms with Crippen molar-refractivity contribution in [2.45, 2.75) is 13.0 Å². The van der Waals surface area contributed by atoms with Gasteiger partial charge in [-0.2, -0.15) is 0 Å². The molecule has 0 fully saturated rings. The van der Waals surface area contributed by atoms with Crippen LogP contribution in [0.3, 0.4) is 0 Å². The van der Waals surface area contributed by atoms with Gasteiger partial charge in [0.1, 0.15) is 13.2 Å². The number of ether oxygens (including phenoxy) is 2. The van der Waals surface area contributed by atoms with E-state index in [0.29, 0.717) is 18.8 Å². The van der Waals surface area contributed by atoms with E-state index in [1.54, 1.807) is 12.1 Å². The summed E-state index contributed by atoms with van der Waals surface area (Å²) in [7, 11) is 0. The van der Waals surface area contributed by atoms with Crippen LogP contribution in [0.2, 0.25) is 0 Å². The molecule has 1 unspecified atom stereocenters. The minimum Gasteiger partial charge on any atom is -0.486 e. The highest BCUT2D eigenvalue weighted by Gasteiger charge is 2.16. The van der Waals surface area contributed by atoms with Crippen molar-refractivity contribution < 1.29 is 14.3 Å². The Morgan fingerprint density at radius 1 is 1.05 bits per heavy atom. The molecule has 0 bridgehead atoms. The molecule has 0 radical (unpaired) electrons. The molecule has 0 spiro atoms. The van der Waals surface area contributed by atoms with Gasteiger partial charge in [-0.1, -0.05) is 24.3 Å².